The van der Waals surface area contributed by atoms with Gasteiger partial charge in [0.25, 0.3) is 0 Å². The highest BCUT2D eigenvalue weighted by Gasteiger charge is 2.17. The molecule has 27 heavy (non-hydrogen) atoms. The van der Waals surface area contributed by atoms with E-state index in [0.717, 1.165) is 50.2 Å². The van der Waals surface area contributed by atoms with Crippen molar-refractivity contribution in [3.05, 3.63) is 59.6 Å². The molecule has 4 rings (SSSR count). The molecule has 1 aliphatic heterocycles. The van der Waals surface area contributed by atoms with E-state index >= 15 is 0 Å². The first kappa shape index (κ1) is 18.0. The van der Waals surface area contributed by atoms with Gasteiger partial charge in [-0.05, 0) is 56.0 Å². The Kier molecular flexibility index (Phi) is 5.12. The minimum Gasteiger partial charge on any atom is -0.343 e. The number of carbonyl (C=O) groups is 1. The number of pyridine rings is 1. The topological polar surface area (TPSA) is 38.1 Å². The Morgan fingerprint density at radius 1 is 1.22 bits per heavy atom. The molecule has 3 heterocycles. The molecule has 0 fully saturated rings. The van der Waals surface area contributed by atoms with Crippen molar-refractivity contribution in [2.24, 2.45) is 0 Å². The van der Waals surface area contributed by atoms with Gasteiger partial charge < -0.3 is 9.38 Å². The van der Waals surface area contributed by atoms with Crippen LogP contribution in [0.1, 0.15) is 31.9 Å². The number of aromatic nitrogens is 2. The lowest BCUT2D eigenvalue weighted by atomic mass is 9.91. The lowest BCUT2D eigenvalue weighted by Gasteiger charge is -2.24. The van der Waals surface area contributed by atoms with Gasteiger partial charge >= 0.3 is 0 Å². The van der Waals surface area contributed by atoms with Crippen molar-refractivity contribution in [1.29, 1.82) is 0 Å². The summed E-state index contributed by atoms with van der Waals surface area (Å²) in [5.41, 5.74) is 6.00. The fourth-order valence-electron chi connectivity index (χ4n) is 3.98. The molecule has 137 valence electrons. The van der Waals surface area contributed by atoms with Gasteiger partial charge in [0.05, 0.1) is 11.2 Å². The SMILES string of the molecule is C[B]N1CC=C(c2nccc3c2ccn3CC2=CC=C(C(C)=O)CC2)CC1. The van der Waals surface area contributed by atoms with Crippen LogP contribution in [-0.4, -0.2) is 40.6 Å². The molecule has 0 aromatic carbocycles. The second-order valence-electron chi connectivity index (χ2n) is 7.34. The molecule has 5 heteroatoms. The first-order chi connectivity index (χ1) is 13.2. The molecular weight excluding hydrogens is 333 g/mol. The number of nitrogens with zero attached hydrogens (tertiary/aromatic N) is 3. The molecule has 2 aromatic rings. The number of carbonyl (C=O) groups excluding carboxylic acids is 1. The van der Waals surface area contributed by atoms with Crippen LogP contribution in [0.25, 0.3) is 16.5 Å². The van der Waals surface area contributed by atoms with E-state index in [1.165, 1.54) is 22.0 Å². The van der Waals surface area contributed by atoms with Gasteiger partial charge in [-0.2, -0.15) is 0 Å². The second-order valence-corrected chi connectivity index (χ2v) is 7.34. The molecule has 0 atom stereocenters. The number of hydrogen-bond donors (Lipinski definition) is 0. The molecular formula is C22H25BN3O. The quantitative estimate of drug-likeness (QED) is 0.758. The average Bonchev–Trinajstić information content (AvgIpc) is 3.11. The van der Waals surface area contributed by atoms with Gasteiger partial charge in [0.15, 0.2) is 5.78 Å². The van der Waals surface area contributed by atoms with Gasteiger partial charge in [0.2, 0.25) is 7.41 Å². The van der Waals surface area contributed by atoms with Crippen molar-refractivity contribution < 1.29 is 4.79 Å². The summed E-state index contributed by atoms with van der Waals surface area (Å²) in [5.74, 6) is 0.187. The number of fused-ring (bicyclic) bond motifs is 1. The maximum atomic E-state index is 11.5. The minimum atomic E-state index is 0.187. The summed E-state index contributed by atoms with van der Waals surface area (Å²) in [6.45, 7) is 6.62. The van der Waals surface area contributed by atoms with Crippen LogP contribution in [0.15, 0.2) is 53.9 Å². The van der Waals surface area contributed by atoms with Gasteiger partial charge in [0.1, 0.15) is 0 Å². The smallest absolute Gasteiger partial charge is 0.205 e. The standard InChI is InChI=1S/C22H25BN3O/c1-16(27)18-5-3-17(4-6-18)15-25-12-10-20-21(25)7-11-24-22(20)19-8-13-26(23-2)14-9-19/h3,5,7-8,10-12H,4,6,9,13-15H2,1-2H3. The zero-order chi connectivity index (χ0) is 18.8. The van der Waals surface area contributed by atoms with Gasteiger partial charge in [-0.3, -0.25) is 9.78 Å². The summed E-state index contributed by atoms with van der Waals surface area (Å²) >= 11 is 0. The van der Waals surface area contributed by atoms with Crippen LogP contribution in [0.5, 0.6) is 0 Å². The Hall–Kier alpha value is -2.40. The van der Waals surface area contributed by atoms with E-state index < -0.39 is 0 Å². The van der Waals surface area contributed by atoms with Crippen molar-refractivity contribution in [3.8, 4) is 0 Å². The highest BCUT2D eigenvalue weighted by molar-refractivity contribution is 6.30. The van der Waals surface area contributed by atoms with Crippen LogP contribution >= 0.6 is 0 Å². The Morgan fingerprint density at radius 3 is 2.78 bits per heavy atom. The average molecular weight is 358 g/mol. The third-order valence-electron chi connectivity index (χ3n) is 5.67. The Morgan fingerprint density at radius 2 is 2.11 bits per heavy atom. The summed E-state index contributed by atoms with van der Waals surface area (Å²) in [6, 6.07) is 4.30. The Bertz CT molecular complexity index is 967. The van der Waals surface area contributed by atoms with E-state index in [4.69, 9.17) is 4.98 Å². The minimum absolute atomic E-state index is 0.187. The number of rotatable bonds is 5. The molecule has 2 aliphatic rings. The van der Waals surface area contributed by atoms with Crippen molar-refractivity contribution in [1.82, 2.24) is 14.4 Å². The zero-order valence-electron chi connectivity index (χ0n) is 16.1. The summed E-state index contributed by atoms with van der Waals surface area (Å²) in [7, 11) is 2.15. The highest BCUT2D eigenvalue weighted by atomic mass is 16.1. The van der Waals surface area contributed by atoms with Gasteiger partial charge in [0, 0.05) is 30.9 Å². The van der Waals surface area contributed by atoms with Gasteiger partial charge in [-0.25, -0.2) is 0 Å². The van der Waals surface area contributed by atoms with Crippen LogP contribution in [-0.2, 0) is 11.3 Å². The van der Waals surface area contributed by atoms with E-state index in [0.29, 0.717) is 0 Å². The normalized spacial score (nSPS) is 18.1. The van der Waals surface area contributed by atoms with Crippen molar-refractivity contribution in [3.63, 3.8) is 0 Å². The Labute approximate surface area is 161 Å². The predicted octanol–water partition coefficient (Wildman–Crippen LogP) is 4.03. The van der Waals surface area contributed by atoms with Crippen molar-refractivity contribution in [2.45, 2.75) is 39.6 Å². The van der Waals surface area contributed by atoms with E-state index in [2.05, 4.69) is 54.1 Å². The van der Waals surface area contributed by atoms with Gasteiger partial charge in [-0.15, -0.1) is 0 Å². The third-order valence-corrected chi connectivity index (χ3v) is 5.67. The van der Waals surface area contributed by atoms with E-state index in [9.17, 15) is 4.79 Å². The van der Waals surface area contributed by atoms with Crippen LogP contribution in [0, 0.1) is 0 Å². The largest absolute Gasteiger partial charge is 0.343 e. The lowest BCUT2D eigenvalue weighted by molar-refractivity contribution is -0.113. The molecule has 2 aromatic heterocycles. The number of hydrogen-bond acceptors (Lipinski definition) is 3. The number of ketones is 1. The molecule has 0 saturated heterocycles. The molecule has 1 aliphatic carbocycles. The maximum absolute atomic E-state index is 11.5. The maximum Gasteiger partial charge on any atom is 0.205 e. The van der Waals surface area contributed by atoms with Crippen molar-refractivity contribution >= 4 is 29.7 Å². The summed E-state index contributed by atoms with van der Waals surface area (Å²) in [5, 5.41) is 1.23. The highest BCUT2D eigenvalue weighted by Crippen LogP contribution is 2.29. The number of allylic oxidation sites excluding steroid dienone is 4. The van der Waals surface area contributed by atoms with E-state index in [1.54, 1.807) is 6.92 Å². The zero-order valence-corrected chi connectivity index (χ0v) is 16.1. The first-order valence-corrected chi connectivity index (χ1v) is 9.72. The molecule has 0 N–H and O–H groups in total. The van der Waals surface area contributed by atoms with Gasteiger partial charge in [-0.1, -0.05) is 30.6 Å². The van der Waals surface area contributed by atoms with Crippen molar-refractivity contribution in [2.75, 3.05) is 13.1 Å². The fraction of sp³-hybridized carbons (Fsp3) is 0.364. The monoisotopic (exact) mass is 358 g/mol. The van der Waals surface area contributed by atoms with E-state index in [-0.39, 0.29) is 5.78 Å². The van der Waals surface area contributed by atoms with Crippen LogP contribution in [0.4, 0.5) is 0 Å². The molecule has 0 amide bonds. The fourth-order valence-corrected chi connectivity index (χ4v) is 3.98. The van der Waals surface area contributed by atoms with E-state index in [1.807, 2.05) is 12.3 Å². The predicted molar refractivity (Wildman–Crippen MR) is 112 cm³/mol. The summed E-state index contributed by atoms with van der Waals surface area (Å²) in [4.78, 5) is 18.5. The molecule has 0 bridgehead atoms. The second kappa shape index (κ2) is 7.69. The molecule has 1 radical (unpaired) electrons. The molecule has 0 unspecified atom stereocenters. The first-order valence-electron chi connectivity index (χ1n) is 9.72. The third kappa shape index (κ3) is 3.70. The van der Waals surface area contributed by atoms with Crippen LogP contribution in [0.2, 0.25) is 6.82 Å². The Balaban J connectivity index is 1.60. The molecule has 0 spiro atoms. The summed E-state index contributed by atoms with van der Waals surface area (Å²) in [6.07, 6.45) is 13.3. The lowest BCUT2D eigenvalue weighted by Crippen LogP contribution is -2.30. The molecule has 4 nitrogen and oxygen atoms in total. The number of Topliss-reactive ketones (excluding diaryl/α,β-unsaturated/α-hetero) is 1. The molecule has 0 saturated carbocycles. The van der Waals surface area contributed by atoms with Crippen LogP contribution < -0.4 is 0 Å². The summed E-state index contributed by atoms with van der Waals surface area (Å²) < 4.78 is 2.30. The van der Waals surface area contributed by atoms with Crippen LogP contribution in [0.3, 0.4) is 0 Å².